The van der Waals surface area contributed by atoms with E-state index in [0.29, 0.717) is 0 Å². The normalized spacial score (nSPS) is 11.6. The van der Waals surface area contributed by atoms with Gasteiger partial charge < -0.3 is 15.7 Å². The minimum absolute atomic E-state index is 0.00485. The van der Waals surface area contributed by atoms with Crippen molar-refractivity contribution in [1.29, 1.82) is 0 Å². The summed E-state index contributed by atoms with van der Waals surface area (Å²) in [4.78, 5) is 22.1. The number of hydrogen-bond acceptors (Lipinski definition) is 2. The van der Waals surface area contributed by atoms with Crippen LogP contribution in [-0.2, 0) is 4.79 Å². The summed E-state index contributed by atoms with van der Waals surface area (Å²) in [5.74, 6) is -1.71. The number of amides is 2. The van der Waals surface area contributed by atoms with Gasteiger partial charge in [-0.2, -0.15) is 0 Å². The number of benzene rings is 1. The predicted octanol–water partition coefficient (Wildman–Crippen LogP) is 1.81. The largest absolute Gasteiger partial charge is 0.480 e. The molecule has 0 fully saturated rings. The zero-order valence-corrected chi connectivity index (χ0v) is 9.24. The molecule has 6 heteroatoms. The minimum Gasteiger partial charge on any atom is -0.480 e. The van der Waals surface area contributed by atoms with E-state index in [0.717, 1.165) is 0 Å². The van der Waals surface area contributed by atoms with Crippen LogP contribution in [0.4, 0.5) is 14.9 Å². The van der Waals surface area contributed by atoms with Gasteiger partial charge in [0.25, 0.3) is 0 Å². The van der Waals surface area contributed by atoms with E-state index >= 15 is 0 Å². The van der Waals surface area contributed by atoms with E-state index in [1.54, 1.807) is 13.0 Å². The van der Waals surface area contributed by atoms with Crippen LogP contribution in [0.15, 0.2) is 24.3 Å². The fraction of sp³-hybridized carbons (Fsp3) is 0.273. The number of aliphatic carboxylic acids is 1. The summed E-state index contributed by atoms with van der Waals surface area (Å²) in [7, 11) is 0. The fourth-order valence-electron chi connectivity index (χ4n) is 1.22. The second-order valence-electron chi connectivity index (χ2n) is 3.38. The number of urea groups is 1. The number of carboxylic acids is 1. The molecular formula is C11H13FN2O3. The van der Waals surface area contributed by atoms with Crippen LogP contribution in [0.5, 0.6) is 0 Å². The number of para-hydroxylation sites is 1. The molecule has 0 aliphatic heterocycles. The first-order valence-corrected chi connectivity index (χ1v) is 5.09. The summed E-state index contributed by atoms with van der Waals surface area (Å²) < 4.78 is 13.2. The molecule has 1 rings (SSSR count). The second kappa shape index (κ2) is 5.83. The van der Waals surface area contributed by atoms with Crippen LogP contribution in [0.1, 0.15) is 13.3 Å². The lowest BCUT2D eigenvalue weighted by molar-refractivity contribution is -0.139. The van der Waals surface area contributed by atoms with E-state index in [2.05, 4.69) is 10.6 Å². The van der Waals surface area contributed by atoms with Crippen molar-refractivity contribution >= 4 is 17.7 Å². The van der Waals surface area contributed by atoms with Crippen LogP contribution in [0, 0.1) is 5.82 Å². The van der Waals surface area contributed by atoms with Crippen LogP contribution in [-0.4, -0.2) is 23.1 Å². The van der Waals surface area contributed by atoms with Crippen molar-refractivity contribution in [2.45, 2.75) is 19.4 Å². The number of nitrogens with one attached hydrogen (secondary N) is 2. The van der Waals surface area contributed by atoms with Gasteiger partial charge in [0.1, 0.15) is 11.9 Å². The maximum Gasteiger partial charge on any atom is 0.326 e. The Hall–Kier alpha value is -2.11. The van der Waals surface area contributed by atoms with Crippen LogP contribution < -0.4 is 10.6 Å². The SMILES string of the molecule is CCC(NC(=O)Nc1ccccc1F)C(=O)O. The maximum atomic E-state index is 13.2. The van der Waals surface area contributed by atoms with E-state index in [-0.39, 0.29) is 12.1 Å². The third-order valence-electron chi connectivity index (χ3n) is 2.13. The molecule has 1 unspecified atom stereocenters. The Morgan fingerprint density at radius 3 is 2.59 bits per heavy atom. The molecule has 5 nitrogen and oxygen atoms in total. The lowest BCUT2D eigenvalue weighted by Gasteiger charge is -2.13. The Kier molecular flexibility index (Phi) is 4.45. The van der Waals surface area contributed by atoms with Gasteiger partial charge >= 0.3 is 12.0 Å². The number of rotatable bonds is 4. The first-order chi connectivity index (χ1) is 8.04. The Labute approximate surface area is 97.6 Å². The highest BCUT2D eigenvalue weighted by Crippen LogP contribution is 2.11. The highest BCUT2D eigenvalue weighted by Gasteiger charge is 2.17. The van der Waals surface area contributed by atoms with Gasteiger partial charge in [0, 0.05) is 0 Å². The van der Waals surface area contributed by atoms with Crippen molar-refractivity contribution in [1.82, 2.24) is 5.32 Å². The van der Waals surface area contributed by atoms with E-state index < -0.39 is 23.9 Å². The molecule has 0 heterocycles. The number of carbonyl (C=O) groups excluding carboxylic acids is 1. The smallest absolute Gasteiger partial charge is 0.326 e. The van der Waals surface area contributed by atoms with Crippen molar-refractivity contribution in [2.24, 2.45) is 0 Å². The van der Waals surface area contributed by atoms with Crippen molar-refractivity contribution in [3.05, 3.63) is 30.1 Å². The van der Waals surface area contributed by atoms with Gasteiger partial charge in [-0.3, -0.25) is 0 Å². The van der Waals surface area contributed by atoms with Crippen molar-refractivity contribution < 1.29 is 19.1 Å². The molecule has 2 amide bonds. The Balaban J connectivity index is 2.61. The van der Waals surface area contributed by atoms with Gasteiger partial charge in [-0.15, -0.1) is 0 Å². The summed E-state index contributed by atoms with van der Waals surface area (Å²) in [6, 6.07) is 3.91. The summed E-state index contributed by atoms with van der Waals surface area (Å²) >= 11 is 0. The number of halogens is 1. The quantitative estimate of drug-likeness (QED) is 0.751. The van der Waals surface area contributed by atoms with Crippen LogP contribution >= 0.6 is 0 Å². The third-order valence-corrected chi connectivity index (χ3v) is 2.13. The molecule has 0 bridgehead atoms. The molecule has 0 radical (unpaired) electrons. The van der Waals surface area contributed by atoms with Crippen molar-refractivity contribution in [3.8, 4) is 0 Å². The Bertz CT molecular complexity index is 423. The molecule has 1 aromatic carbocycles. The van der Waals surface area contributed by atoms with Crippen molar-refractivity contribution in [3.63, 3.8) is 0 Å². The second-order valence-corrected chi connectivity index (χ2v) is 3.38. The monoisotopic (exact) mass is 240 g/mol. The van der Waals surface area contributed by atoms with Gasteiger partial charge in [-0.1, -0.05) is 19.1 Å². The van der Waals surface area contributed by atoms with E-state index in [1.165, 1.54) is 18.2 Å². The number of carbonyl (C=O) groups is 2. The lowest BCUT2D eigenvalue weighted by atomic mass is 10.2. The summed E-state index contributed by atoms with van der Waals surface area (Å²) in [6.45, 7) is 1.63. The fourth-order valence-corrected chi connectivity index (χ4v) is 1.22. The first-order valence-electron chi connectivity index (χ1n) is 5.09. The highest BCUT2D eigenvalue weighted by molar-refractivity contribution is 5.92. The molecule has 0 aliphatic carbocycles. The molecule has 0 aromatic heterocycles. The highest BCUT2D eigenvalue weighted by atomic mass is 19.1. The van der Waals surface area contributed by atoms with Crippen LogP contribution in [0.25, 0.3) is 0 Å². The van der Waals surface area contributed by atoms with Crippen LogP contribution in [0.3, 0.4) is 0 Å². The average Bonchev–Trinajstić information content (AvgIpc) is 2.28. The molecular weight excluding hydrogens is 227 g/mol. The van der Waals surface area contributed by atoms with E-state index in [9.17, 15) is 14.0 Å². The number of hydrogen-bond donors (Lipinski definition) is 3. The molecule has 3 N–H and O–H groups in total. The lowest BCUT2D eigenvalue weighted by Crippen LogP contribution is -2.42. The van der Waals surface area contributed by atoms with E-state index in [4.69, 9.17) is 5.11 Å². The first kappa shape index (κ1) is 13.0. The summed E-state index contributed by atoms with van der Waals surface area (Å²) in [5.41, 5.74) is 0.00485. The van der Waals surface area contributed by atoms with Gasteiger partial charge in [0.15, 0.2) is 0 Å². The van der Waals surface area contributed by atoms with E-state index in [1.807, 2.05) is 0 Å². The van der Waals surface area contributed by atoms with Gasteiger partial charge in [-0.05, 0) is 18.6 Å². The molecule has 0 spiro atoms. The third kappa shape index (κ3) is 3.75. The van der Waals surface area contributed by atoms with Gasteiger partial charge in [0.05, 0.1) is 5.69 Å². The summed E-state index contributed by atoms with van der Waals surface area (Å²) in [5, 5.41) is 13.2. The molecule has 1 aromatic rings. The van der Waals surface area contributed by atoms with Gasteiger partial charge in [-0.25, -0.2) is 14.0 Å². The molecule has 1 atom stereocenters. The molecule has 17 heavy (non-hydrogen) atoms. The molecule has 92 valence electrons. The topological polar surface area (TPSA) is 78.4 Å². The average molecular weight is 240 g/mol. The Morgan fingerprint density at radius 2 is 2.06 bits per heavy atom. The molecule has 0 saturated heterocycles. The predicted molar refractivity (Wildman–Crippen MR) is 60.3 cm³/mol. The number of carboxylic acid groups (broad SMARTS) is 1. The van der Waals surface area contributed by atoms with Crippen molar-refractivity contribution in [2.75, 3.05) is 5.32 Å². The molecule has 0 aliphatic rings. The summed E-state index contributed by atoms with van der Waals surface area (Å²) in [6.07, 6.45) is 0.250. The molecule has 0 saturated carbocycles. The zero-order valence-electron chi connectivity index (χ0n) is 9.24. The zero-order chi connectivity index (χ0) is 12.8. The van der Waals surface area contributed by atoms with Gasteiger partial charge in [0.2, 0.25) is 0 Å². The maximum absolute atomic E-state index is 13.2. The Morgan fingerprint density at radius 1 is 1.41 bits per heavy atom. The standard InChI is InChI=1S/C11H13FN2O3/c1-2-8(10(15)16)13-11(17)14-9-6-4-3-5-7(9)12/h3-6,8H,2H2,1H3,(H,15,16)(H2,13,14,17). The van der Waals surface area contributed by atoms with Crippen LogP contribution in [0.2, 0.25) is 0 Å². The number of anilines is 1. The minimum atomic E-state index is -1.13.